The molecule has 0 saturated heterocycles. The van der Waals surface area contributed by atoms with E-state index in [1.54, 1.807) is 12.3 Å². The first kappa shape index (κ1) is 27.7. The number of anilines is 1. The van der Waals surface area contributed by atoms with Crippen LogP contribution >= 0.6 is 24.0 Å². The van der Waals surface area contributed by atoms with Gasteiger partial charge < -0.3 is 10.0 Å². The zero-order chi connectivity index (χ0) is 25.9. The van der Waals surface area contributed by atoms with Crippen LogP contribution in [0.15, 0.2) is 73.2 Å². The smallest absolute Gasteiger partial charge is 0.234 e. The molecular weight excluding hydrogens is 519 g/mol. The highest BCUT2D eigenvalue weighted by Crippen LogP contribution is 2.38. The van der Waals surface area contributed by atoms with Crippen LogP contribution in [-0.2, 0) is 24.3 Å². The second-order valence-electron chi connectivity index (χ2n) is 9.98. The summed E-state index contributed by atoms with van der Waals surface area (Å²) in [4.78, 5) is 20.5. The number of phenolic OH excluding ortho intramolecular Hbond substituents is 1. The molecule has 1 unspecified atom stereocenters. The van der Waals surface area contributed by atoms with Crippen LogP contribution in [0.4, 0.5) is 5.69 Å². The van der Waals surface area contributed by atoms with Gasteiger partial charge in [-0.05, 0) is 72.2 Å². The van der Waals surface area contributed by atoms with Gasteiger partial charge in [-0.15, -0.1) is 12.4 Å². The first-order chi connectivity index (χ1) is 17.9. The van der Waals surface area contributed by atoms with Crippen LogP contribution in [0.25, 0.3) is 0 Å². The number of pyridine rings is 1. The predicted octanol–water partition coefficient (Wildman–Crippen LogP) is 6.88. The Labute approximate surface area is 234 Å². The molecule has 8 heteroatoms. The molecule has 0 radical (unpaired) electrons. The zero-order valence-electron chi connectivity index (χ0n) is 21.5. The fourth-order valence-electron chi connectivity index (χ4n) is 5.00. The van der Waals surface area contributed by atoms with E-state index in [9.17, 15) is 9.90 Å². The topological polar surface area (TPSA) is 71.2 Å². The third kappa shape index (κ3) is 6.03. The number of halogens is 2. The normalized spacial score (nSPS) is 14.6. The summed E-state index contributed by atoms with van der Waals surface area (Å²) in [5.41, 5.74) is 5.58. The molecule has 2 aromatic heterocycles. The van der Waals surface area contributed by atoms with Gasteiger partial charge in [0.05, 0.1) is 37.1 Å². The summed E-state index contributed by atoms with van der Waals surface area (Å²) in [6, 6.07) is 17.2. The number of aromatic nitrogens is 3. The van der Waals surface area contributed by atoms with Crippen LogP contribution in [0.3, 0.4) is 0 Å². The van der Waals surface area contributed by atoms with Gasteiger partial charge in [-0.1, -0.05) is 49.7 Å². The highest BCUT2D eigenvalue weighted by molar-refractivity contribution is 6.30. The van der Waals surface area contributed by atoms with Crippen molar-refractivity contribution in [3.63, 3.8) is 0 Å². The van der Waals surface area contributed by atoms with Gasteiger partial charge in [0, 0.05) is 22.5 Å². The third-order valence-electron chi connectivity index (χ3n) is 7.01. The molecule has 2 aromatic carbocycles. The van der Waals surface area contributed by atoms with E-state index < -0.39 is 0 Å². The molecule has 1 amide bonds. The van der Waals surface area contributed by atoms with E-state index in [4.69, 9.17) is 11.6 Å². The first-order valence-corrected chi connectivity index (χ1v) is 13.1. The number of carbonyl (C=O) groups is 1. The highest BCUT2D eigenvalue weighted by Gasteiger charge is 2.32. The number of amides is 1. The van der Waals surface area contributed by atoms with Crippen molar-refractivity contribution in [1.29, 1.82) is 0 Å². The Bertz CT molecular complexity index is 1380. The van der Waals surface area contributed by atoms with Crippen LogP contribution in [0.1, 0.15) is 66.5 Å². The zero-order valence-corrected chi connectivity index (χ0v) is 23.1. The summed E-state index contributed by atoms with van der Waals surface area (Å²) < 4.78 is 1.87. The molecule has 6 nitrogen and oxygen atoms in total. The summed E-state index contributed by atoms with van der Waals surface area (Å²) in [7, 11) is 0. The lowest BCUT2D eigenvalue weighted by atomic mass is 9.81. The first-order valence-electron chi connectivity index (χ1n) is 12.7. The van der Waals surface area contributed by atoms with Gasteiger partial charge in [-0.3, -0.25) is 14.5 Å². The molecule has 198 valence electrons. The second-order valence-corrected chi connectivity index (χ2v) is 10.4. The lowest BCUT2D eigenvalue weighted by Gasteiger charge is -2.31. The molecule has 0 spiro atoms. The van der Waals surface area contributed by atoms with Crippen molar-refractivity contribution in [2.24, 2.45) is 0 Å². The van der Waals surface area contributed by atoms with Gasteiger partial charge in [0.2, 0.25) is 5.91 Å². The van der Waals surface area contributed by atoms with Crippen molar-refractivity contribution in [3.8, 4) is 5.75 Å². The molecule has 1 atom stereocenters. The van der Waals surface area contributed by atoms with Crippen molar-refractivity contribution in [2.75, 3.05) is 4.90 Å². The molecule has 38 heavy (non-hydrogen) atoms. The van der Waals surface area contributed by atoms with Crippen molar-refractivity contribution in [1.82, 2.24) is 14.8 Å². The number of hydrogen-bond acceptors (Lipinski definition) is 4. The second kappa shape index (κ2) is 12.0. The maximum Gasteiger partial charge on any atom is 0.234 e. The monoisotopic (exact) mass is 550 g/mol. The summed E-state index contributed by atoms with van der Waals surface area (Å²) in [5, 5.41) is 15.7. The SMILES string of the molecule is CC(C)c1ccc(N(Cc2cnn(Cc3ccc(Cl)cc3)c2)C(=O)C2CCCc3c(O)cccc32)cn1.Cl. The van der Waals surface area contributed by atoms with E-state index in [1.807, 2.05) is 70.5 Å². The fraction of sp³-hybridized carbons (Fsp3) is 0.300. The number of aromatic hydroxyl groups is 1. The van der Waals surface area contributed by atoms with Gasteiger partial charge in [-0.25, -0.2) is 0 Å². The lowest BCUT2D eigenvalue weighted by Crippen LogP contribution is -2.36. The summed E-state index contributed by atoms with van der Waals surface area (Å²) >= 11 is 6.02. The molecule has 1 aliphatic rings. The Balaban J connectivity index is 0.00000336. The number of carbonyl (C=O) groups excluding carboxylic acids is 1. The molecule has 1 N–H and O–H groups in total. The van der Waals surface area contributed by atoms with Crippen LogP contribution in [0, 0.1) is 0 Å². The number of hydrogen-bond donors (Lipinski definition) is 1. The highest BCUT2D eigenvalue weighted by atomic mass is 35.5. The van der Waals surface area contributed by atoms with Gasteiger partial charge in [0.25, 0.3) is 0 Å². The Hall–Kier alpha value is -3.35. The number of benzene rings is 2. The maximum atomic E-state index is 14.1. The molecule has 0 saturated carbocycles. The van der Waals surface area contributed by atoms with Crippen molar-refractivity contribution in [2.45, 2.75) is 58.0 Å². The van der Waals surface area contributed by atoms with Crippen LogP contribution in [-0.4, -0.2) is 25.8 Å². The quantitative estimate of drug-likeness (QED) is 0.272. The van der Waals surface area contributed by atoms with Crippen molar-refractivity contribution in [3.05, 3.63) is 106 Å². The molecule has 5 rings (SSSR count). The van der Waals surface area contributed by atoms with Crippen LogP contribution in [0.2, 0.25) is 5.02 Å². The largest absolute Gasteiger partial charge is 0.508 e. The average Bonchev–Trinajstić information content (AvgIpc) is 3.35. The van der Waals surface area contributed by atoms with E-state index in [-0.39, 0.29) is 30.0 Å². The molecule has 2 heterocycles. The van der Waals surface area contributed by atoms with Gasteiger partial charge >= 0.3 is 0 Å². The standard InChI is InChI=1S/C30H31ClN4O2.ClH/c1-20(2)28-14-13-24(16-32-28)35(30(37)27-7-3-6-26-25(27)5-4-8-29(26)36)19-22-15-33-34(18-22)17-21-9-11-23(31)12-10-21;/h4-5,8-16,18,20,27,36H,3,6-7,17,19H2,1-2H3;1H. The number of nitrogens with zero attached hydrogens (tertiary/aromatic N) is 4. The molecule has 0 fully saturated rings. The molecule has 0 bridgehead atoms. The Morgan fingerprint density at radius 1 is 1.11 bits per heavy atom. The Morgan fingerprint density at radius 2 is 1.89 bits per heavy atom. The average molecular weight is 552 g/mol. The van der Waals surface area contributed by atoms with Crippen LogP contribution in [0.5, 0.6) is 5.75 Å². The number of rotatable bonds is 7. The molecule has 4 aromatic rings. The van der Waals surface area contributed by atoms with E-state index in [0.29, 0.717) is 24.0 Å². The minimum atomic E-state index is -0.315. The minimum absolute atomic E-state index is 0. The summed E-state index contributed by atoms with van der Waals surface area (Å²) in [6.45, 7) is 5.20. The number of phenols is 1. The Morgan fingerprint density at radius 3 is 2.61 bits per heavy atom. The van der Waals surface area contributed by atoms with E-state index in [0.717, 1.165) is 52.9 Å². The van der Waals surface area contributed by atoms with Gasteiger partial charge in [0.15, 0.2) is 0 Å². The van der Waals surface area contributed by atoms with Crippen molar-refractivity contribution >= 4 is 35.6 Å². The van der Waals surface area contributed by atoms with Gasteiger partial charge in [0.1, 0.15) is 5.75 Å². The third-order valence-corrected chi connectivity index (χ3v) is 7.26. The Kier molecular flexibility index (Phi) is 8.75. The molecular formula is C30H32Cl2N4O2. The number of fused-ring (bicyclic) bond motifs is 1. The maximum absolute atomic E-state index is 14.1. The summed E-state index contributed by atoms with van der Waals surface area (Å²) in [6.07, 6.45) is 7.97. The minimum Gasteiger partial charge on any atom is -0.508 e. The van der Waals surface area contributed by atoms with E-state index >= 15 is 0 Å². The van der Waals surface area contributed by atoms with E-state index in [2.05, 4.69) is 23.9 Å². The van der Waals surface area contributed by atoms with E-state index in [1.165, 1.54) is 0 Å². The molecule has 1 aliphatic carbocycles. The predicted molar refractivity (Wildman–Crippen MR) is 153 cm³/mol. The lowest BCUT2D eigenvalue weighted by molar-refractivity contribution is -0.120. The molecule has 0 aliphatic heterocycles. The summed E-state index contributed by atoms with van der Waals surface area (Å²) in [5.74, 6) is 0.270. The van der Waals surface area contributed by atoms with Crippen LogP contribution < -0.4 is 4.90 Å². The fourth-order valence-corrected chi connectivity index (χ4v) is 5.13. The van der Waals surface area contributed by atoms with Gasteiger partial charge in [-0.2, -0.15) is 5.10 Å². The van der Waals surface area contributed by atoms with Crippen molar-refractivity contribution < 1.29 is 9.90 Å².